The summed E-state index contributed by atoms with van der Waals surface area (Å²) in [5.41, 5.74) is 6.32. The number of nitrogens with two attached hydrogens (primary N) is 1. The van der Waals surface area contributed by atoms with Crippen molar-refractivity contribution in [2.75, 3.05) is 0 Å². The van der Waals surface area contributed by atoms with Crippen LogP contribution in [0.5, 0.6) is 0 Å². The molecule has 0 aromatic heterocycles. The van der Waals surface area contributed by atoms with Crippen LogP contribution in [0.3, 0.4) is 0 Å². The summed E-state index contributed by atoms with van der Waals surface area (Å²) in [6.07, 6.45) is 2.11. The SMILES string of the molecule is CC1(C)CCC(S(=O)C(C)(C)C)C1N. The Labute approximate surface area is 90.1 Å². The van der Waals surface area contributed by atoms with Gasteiger partial charge in [0.2, 0.25) is 0 Å². The Kier molecular flexibility index (Phi) is 3.13. The van der Waals surface area contributed by atoms with Gasteiger partial charge in [0, 0.05) is 21.6 Å². The lowest BCUT2D eigenvalue weighted by atomic mass is 9.88. The first-order chi connectivity index (χ1) is 6.16. The Bertz CT molecular complexity index is 242. The minimum absolute atomic E-state index is 0.0857. The maximum Gasteiger partial charge on any atom is 0.0509 e. The Balaban J connectivity index is 2.79. The second-order valence-electron chi connectivity index (χ2n) is 6.00. The fourth-order valence-corrected chi connectivity index (χ4v) is 3.93. The van der Waals surface area contributed by atoms with Gasteiger partial charge in [-0.2, -0.15) is 0 Å². The van der Waals surface area contributed by atoms with E-state index >= 15 is 0 Å². The topological polar surface area (TPSA) is 43.1 Å². The molecule has 14 heavy (non-hydrogen) atoms. The molecule has 0 heterocycles. The van der Waals surface area contributed by atoms with Crippen molar-refractivity contribution in [3.05, 3.63) is 0 Å². The van der Waals surface area contributed by atoms with E-state index in [0.717, 1.165) is 12.8 Å². The average Bonchev–Trinajstić information content (AvgIpc) is 2.25. The van der Waals surface area contributed by atoms with E-state index in [2.05, 4.69) is 13.8 Å². The molecular formula is C11H23NOS. The van der Waals surface area contributed by atoms with Crippen molar-refractivity contribution in [3.8, 4) is 0 Å². The zero-order chi connectivity index (χ0) is 11.1. The summed E-state index contributed by atoms with van der Waals surface area (Å²) < 4.78 is 12.1. The summed E-state index contributed by atoms with van der Waals surface area (Å²) >= 11 is 0. The summed E-state index contributed by atoms with van der Waals surface area (Å²) in [5.74, 6) is 0. The third kappa shape index (κ3) is 2.19. The fraction of sp³-hybridized carbons (Fsp3) is 1.00. The Morgan fingerprint density at radius 1 is 1.36 bits per heavy atom. The molecular weight excluding hydrogens is 194 g/mol. The monoisotopic (exact) mass is 217 g/mol. The van der Waals surface area contributed by atoms with Crippen molar-refractivity contribution >= 4 is 10.8 Å². The maximum atomic E-state index is 12.2. The highest BCUT2D eigenvalue weighted by atomic mass is 32.2. The maximum absolute atomic E-state index is 12.2. The van der Waals surface area contributed by atoms with Gasteiger partial charge in [-0.05, 0) is 39.0 Å². The van der Waals surface area contributed by atoms with Gasteiger partial charge >= 0.3 is 0 Å². The lowest BCUT2D eigenvalue weighted by Crippen LogP contribution is -2.45. The zero-order valence-electron chi connectivity index (χ0n) is 9.96. The zero-order valence-corrected chi connectivity index (χ0v) is 10.8. The smallest absolute Gasteiger partial charge is 0.0509 e. The van der Waals surface area contributed by atoms with Crippen LogP contribution in [0.1, 0.15) is 47.5 Å². The van der Waals surface area contributed by atoms with E-state index in [1.165, 1.54) is 0 Å². The van der Waals surface area contributed by atoms with Crippen molar-refractivity contribution in [3.63, 3.8) is 0 Å². The summed E-state index contributed by atoms with van der Waals surface area (Å²) in [6.45, 7) is 10.4. The highest BCUT2D eigenvalue weighted by Crippen LogP contribution is 2.40. The average molecular weight is 217 g/mol. The van der Waals surface area contributed by atoms with Crippen LogP contribution in [-0.2, 0) is 10.8 Å². The molecule has 1 aliphatic carbocycles. The van der Waals surface area contributed by atoms with Gasteiger partial charge in [0.05, 0.1) is 5.25 Å². The molecule has 0 aromatic rings. The minimum atomic E-state index is -0.814. The number of rotatable bonds is 1. The van der Waals surface area contributed by atoms with Gasteiger partial charge in [0.25, 0.3) is 0 Å². The molecule has 0 aliphatic heterocycles. The summed E-state index contributed by atoms with van der Waals surface area (Å²) in [7, 11) is -0.814. The lowest BCUT2D eigenvalue weighted by Gasteiger charge is -2.30. The van der Waals surface area contributed by atoms with Crippen LogP contribution in [0.2, 0.25) is 0 Å². The largest absolute Gasteiger partial charge is 0.326 e. The molecule has 0 aromatic carbocycles. The lowest BCUT2D eigenvalue weighted by molar-refractivity contribution is 0.333. The molecule has 1 rings (SSSR count). The molecule has 0 bridgehead atoms. The third-order valence-electron chi connectivity index (χ3n) is 3.25. The number of hydrogen-bond acceptors (Lipinski definition) is 2. The molecule has 2 N–H and O–H groups in total. The van der Waals surface area contributed by atoms with Crippen LogP contribution in [0, 0.1) is 5.41 Å². The summed E-state index contributed by atoms with van der Waals surface area (Å²) in [6, 6.07) is 0.0857. The molecule has 1 saturated carbocycles. The molecule has 0 radical (unpaired) electrons. The van der Waals surface area contributed by atoms with Crippen LogP contribution >= 0.6 is 0 Å². The standard InChI is InChI=1S/C11H23NOS/c1-10(2,3)14(13)8-6-7-11(4,5)9(8)12/h8-9H,6-7,12H2,1-5H3. The quantitative estimate of drug-likeness (QED) is 0.730. The van der Waals surface area contributed by atoms with Gasteiger partial charge in [0.15, 0.2) is 0 Å². The van der Waals surface area contributed by atoms with Crippen LogP contribution in [0.15, 0.2) is 0 Å². The van der Waals surface area contributed by atoms with Crippen LogP contribution in [0.25, 0.3) is 0 Å². The Morgan fingerprint density at radius 3 is 2.14 bits per heavy atom. The van der Waals surface area contributed by atoms with E-state index in [-0.39, 0.29) is 21.5 Å². The molecule has 3 unspecified atom stereocenters. The van der Waals surface area contributed by atoms with E-state index in [9.17, 15) is 4.21 Å². The molecule has 2 nitrogen and oxygen atoms in total. The highest BCUT2D eigenvalue weighted by Gasteiger charge is 2.44. The van der Waals surface area contributed by atoms with Gasteiger partial charge in [-0.15, -0.1) is 0 Å². The van der Waals surface area contributed by atoms with Crippen molar-refractivity contribution in [1.82, 2.24) is 0 Å². The second-order valence-corrected chi connectivity index (χ2v) is 8.43. The van der Waals surface area contributed by atoms with Crippen molar-refractivity contribution in [2.24, 2.45) is 11.1 Å². The first-order valence-corrected chi connectivity index (χ1v) is 6.54. The molecule has 3 atom stereocenters. The molecule has 0 amide bonds. The minimum Gasteiger partial charge on any atom is -0.326 e. The van der Waals surface area contributed by atoms with Crippen LogP contribution < -0.4 is 5.73 Å². The highest BCUT2D eigenvalue weighted by molar-refractivity contribution is 7.87. The third-order valence-corrected chi connectivity index (χ3v) is 5.54. The van der Waals surface area contributed by atoms with Crippen LogP contribution in [-0.4, -0.2) is 20.2 Å². The van der Waals surface area contributed by atoms with Gasteiger partial charge < -0.3 is 5.73 Å². The molecule has 1 fully saturated rings. The predicted octanol–water partition coefficient (Wildman–Crippen LogP) is 2.05. The second kappa shape index (κ2) is 3.60. The molecule has 84 valence electrons. The van der Waals surface area contributed by atoms with E-state index in [1.54, 1.807) is 0 Å². The van der Waals surface area contributed by atoms with Crippen molar-refractivity contribution in [1.29, 1.82) is 0 Å². The van der Waals surface area contributed by atoms with Gasteiger partial charge in [-0.25, -0.2) is 0 Å². The first kappa shape index (κ1) is 12.2. The Hall–Kier alpha value is 0.110. The van der Waals surface area contributed by atoms with Gasteiger partial charge in [0.1, 0.15) is 0 Å². The molecule has 0 saturated heterocycles. The summed E-state index contributed by atoms with van der Waals surface area (Å²) in [4.78, 5) is 0. The van der Waals surface area contributed by atoms with E-state index in [1.807, 2.05) is 20.8 Å². The van der Waals surface area contributed by atoms with Crippen molar-refractivity contribution < 1.29 is 4.21 Å². The van der Waals surface area contributed by atoms with E-state index in [0.29, 0.717) is 0 Å². The van der Waals surface area contributed by atoms with Gasteiger partial charge in [-0.1, -0.05) is 13.8 Å². The molecule has 3 heteroatoms. The first-order valence-electron chi connectivity index (χ1n) is 5.32. The van der Waals surface area contributed by atoms with E-state index < -0.39 is 10.8 Å². The van der Waals surface area contributed by atoms with Crippen LogP contribution in [0.4, 0.5) is 0 Å². The summed E-state index contributed by atoms with van der Waals surface area (Å²) in [5, 5.41) is 0.185. The normalized spacial score (nSPS) is 34.4. The van der Waals surface area contributed by atoms with Gasteiger partial charge in [-0.3, -0.25) is 4.21 Å². The molecule has 1 aliphatic rings. The van der Waals surface area contributed by atoms with Crippen molar-refractivity contribution in [2.45, 2.75) is 63.5 Å². The Morgan fingerprint density at radius 2 is 1.86 bits per heavy atom. The number of hydrogen-bond donors (Lipinski definition) is 1. The fourth-order valence-electron chi connectivity index (χ4n) is 2.06. The van der Waals surface area contributed by atoms with E-state index in [4.69, 9.17) is 5.73 Å². The molecule has 0 spiro atoms. The predicted molar refractivity (Wildman–Crippen MR) is 62.7 cm³/mol.